The van der Waals surface area contributed by atoms with Gasteiger partial charge < -0.3 is 28.4 Å². The van der Waals surface area contributed by atoms with Gasteiger partial charge >= 0.3 is 23.9 Å². The van der Waals surface area contributed by atoms with Gasteiger partial charge in [0.25, 0.3) is 0 Å². The number of benzene rings is 5. The fourth-order valence-electron chi connectivity index (χ4n) is 6.75. The normalized spacial score (nSPS) is 10.9. The van der Waals surface area contributed by atoms with E-state index in [9.17, 15) is 19.2 Å². The number of nitrogens with one attached hydrogen (secondary N) is 1. The minimum absolute atomic E-state index is 0.107. The Morgan fingerprint density at radius 1 is 0.603 bits per heavy atom. The molecule has 352 valence electrons. The molecule has 6 rings (SSSR count). The molecule has 0 aliphatic carbocycles. The highest BCUT2D eigenvalue weighted by molar-refractivity contribution is 7.14. The molecule has 0 unspecified atom stereocenters. The second kappa shape index (κ2) is 27.2. The first-order valence-corrected chi connectivity index (χ1v) is 23.5. The number of hydrogen-bond acceptors (Lipinski definition) is 14. The first-order chi connectivity index (χ1) is 33.3. The van der Waals surface area contributed by atoms with Crippen LogP contribution in [0.2, 0.25) is 0 Å². The Kier molecular flexibility index (Phi) is 19.9. The number of thiazole rings is 1. The molecule has 1 N–H and O–H groups in total. The Bertz CT molecular complexity index is 2640. The van der Waals surface area contributed by atoms with Crippen molar-refractivity contribution in [1.29, 1.82) is 0 Å². The standard InChI is InChI=1S/C54H55N3O10S/c1-3-50(58)64-32-13-7-5-11-30-62-46-24-20-41(21-25-46)52(60)66-34-29-39-17-28-49(67-53(61)42-22-26-47(27-23-42)63-31-12-6-8-14-33-65-51(59)4-2)45(35-39)37-55-57-54-56-48(38-68-54)44-19-18-40-15-9-10-16-43(40)36-44/h3-4,9-10,15-28,35-38H,1-2,5-8,11-14,29-34H2,(H,56,57)/b55-37+. The lowest BCUT2D eigenvalue weighted by atomic mass is 10.1. The largest absolute Gasteiger partial charge is 0.494 e. The van der Waals surface area contributed by atoms with Crippen LogP contribution in [0, 0.1) is 0 Å². The van der Waals surface area contributed by atoms with E-state index in [2.05, 4.69) is 48.0 Å². The van der Waals surface area contributed by atoms with Crippen molar-refractivity contribution in [2.24, 2.45) is 5.10 Å². The van der Waals surface area contributed by atoms with Crippen LogP contribution in [0.3, 0.4) is 0 Å². The SMILES string of the molecule is C=CC(=O)OCCCCCCOc1ccc(C(=O)OCCc2ccc(OC(=O)c3ccc(OCCCCCCOC(=O)C=C)cc3)c(/C=N/Nc3nc(-c4ccc5ccccc5c4)cs3)c2)cc1. The van der Waals surface area contributed by atoms with Crippen LogP contribution in [-0.4, -0.2) is 68.1 Å². The second-order valence-corrected chi connectivity index (χ2v) is 16.3. The van der Waals surface area contributed by atoms with Crippen molar-refractivity contribution in [2.45, 2.75) is 57.8 Å². The molecule has 0 saturated carbocycles. The third-order valence-electron chi connectivity index (χ3n) is 10.4. The highest BCUT2D eigenvalue weighted by Gasteiger charge is 2.14. The molecule has 0 bridgehead atoms. The van der Waals surface area contributed by atoms with Gasteiger partial charge in [0.2, 0.25) is 5.13 Å². The monoisotopic (exact) mass is 937 g/mol. The molecule has 13 nitrogen and oxygen atoms in total. The molecule has 68 heavy (non-hydrogen) atoms. The fraction of sp³-hybridized carbons (Fsp3) is 0.259. The smallest absolute Gasteiger partial charge is 0.343 e. The molecule has 0 saturated heterocycles. The summed E-state index contributed by atoms with van der Waals surface area (Å²) >= 11 is 1.42. The summed E-state index contributed by atoms with van der Waals surface area (Å²) < 4.78 is 33.2. The van der Waals surface area contributed by atoms with Gasteiger partial charge in [0.15, 0.2) is 0 Å². The molecule has 0 amide bonds. The number of nitrogens with zero attached hydrogens (tertiary/aromatic N) is 2. The van der Waals surface area contributed by atoms with Crippen LogP contribution in [-0.2, 0) is 30.2 Å². The van der Waals surface area contributed by atoms with Crippen molar-refractivity contribution in [3.8, 4) is 28.5 Å². The van der Waals surface area contributed by atoms with Crippen molar-refractivity contribution in [3.05, 3.63) is 162 Å². The van der Waals surface area contributed by atoms with Crippen LogP contribution in [0.25, 0.3) is 22.0 Å². The number of anilines is 1. The number of carbonyl (C=O) groups is 4. The highest BCUT2D eigenvalue weighted by Crippen LogP contribution is 2.28. The second-order valence-electron chi connectivity index (χ2n) is 15.4. The molecule has 0 aliphatic heterocycles. The molecule has 0 radical (unpaired) electrons. The van der Waals surface area contributed by atoms with E-state index in [4.69, 9.17) is 33.4 Å². The molecule has 0 spiro atoms. The van der Waals surface area contributed by atoms with Gasteiger partial charge in [0.05, 0.1) is 56.1 Å². The van der Waals surface area contributed by atoms with Gasteiger partial charge in [-0.05, 0) is 134 Å². The van der Waals surface area contributed by atoms with Gasteiger partial charge in [0.1, 0.15) is 17.2 Å². The van der Waals surface area contributed by atoms with E-state index < -0.39 is 23.9 Å². The highest BCUT2D eigenvalue weighted by atomic mass is 32.1. The number of hydrogen-bond donors (Lipinski definition) is 1. The summed E-state index contributed by atoms with van der Waals surface area (Å²) in [5.74, 6) is -0.285. The Morgan fingerprint density at radius 2 is 1.19 bits per heavy atom. The molecule has 1 aromatic heterocycles. The van der Waals surface area contributed by atoms with Gasteiger partial charge in [-0.15, -0.1) is 11.3 Å². The van der Waals surface area contributed by atoms with E-state index >= 15 is 0 Å². The number of aromatic nitrogens is 1. The molecule has 5 aromatic carbocycles. The number of unbranched alkanes of at least 4 members (excludes halogenated alkanes) is 6. The lowest BCUT2D eigenvalue weighted by Gasteiger charge is -2.11. The Morgan fingerprint density at radius 3 is 1.81 bits per heavy atom. The average Bonchev–Trinajstić information content (AvgIpc) is 3.85. The third kappa shape index (κ3) is 16.4. The quantitative estimate of drug-likeness (QED) is 0.00944. The van der Waals surface area contributed by atoms with Crippen molar-refractivity contribution in [3.63, 3.8) is 0 Å². The molecule has 0 fully saturated rings. The predicted octanol–water partition coefficient (Wildman–Crippen LogP) is 11.4. The van der Waals surface area contributed by atoms with E-state index in [0.29, 0.717) is 66.2 Å². The zero-order valence-corrected chi connectivity index (χ0v) is 38.7. The molecular weight excluding hydrogens is 883 g/mol. The number of rotatable bonds is 28. The van der Waals surface area contributed by atoms with E-state index in [-0.39, 0.29) is 12.4 Å². The number of carbonyl (C=O) groups excluding carboxylic acids is 4. The van der Waals surface area contributed by atoms with Crippen molar-refractivity contribution in [1.82, 2.24) is 4.98 Å². The summed E-state index contributed by atoms with van der Waals surface area (Å²) in [5.41, 5.74) is 6.90. The maximum atomic E-state index is 13.4. The van der Waals surface area contributed by atoms with Crippen LogP contribution >= 0.6 is 11.3 Å². The molecular formula is C54H55N3O10S. The van der Waals surface area contributed by atoms with Gasteiger partial charge in [-0.2, -0.15) is 5.10 Å². The third-order valence-corrected chi connectivity index (χ3v) is 11.2. The average molecular weight is 938 g/mol. The molecule has 0 atom stereocenters. The van der Waals surface area contributed by atoms with Crippen molar-refractivity contribution < 1.29 is 47.6 Å². The molecule has 6 aromatic rings. The first-order valence-electron chi connectivity index (χ1n) is 22.6. The maximum absolute atomic E-state index is 13.4. The molecule has 14 heteroatoms. The van der Waals surface area contributed by atoms with Crippen molar-refractivity contribution >= 4 is 57.3 Å². The van der Waals surface area contributed by atoms with Crippen molar-refractivity contribution in [2.75, 3.05) is 38.5 Å². The Labute approximate surface area is 400 Å². The summed E-state index contributed by atoms with van der Waals surface area (Å²) in [6, 6.07) is 33.3. The van der Waals surface area contributed by atoms with Gasteiger partial charge in [0, 0.05) is 35.1 Å². The lowest BCUT2D eigenvalue weighted by Crippen LogP contribution is -2.11. The maximum Gasteiger partial charge on any atom is 0.343 e. The van der Waals surface area contributed by atoms with Crippen LogP contribution in [0.5, 0.6) is 17.2 Å². The van der Waals surface area contributed by atoms with E-state index in [1.165, 1.54) is 11.3 Å². The fourth-order valence-corrected chi connectivity index (χ4v) is 7.42. The minimum atomic E-state index is -0.560. The summed E-state index contributed by atoms with van der Waals surface area (Å²) in [4.78, 5) is 53.4. The summed E-state index contributed by atoms with van der Waals surface area (Å²) in [6.45, 7) is 8.67. The zero-order chi connectivity index (χ0) is 47.8. The van der Waals surface area contributed by atoms with Crippen LogP contribution < -0.4 is 19.6 Å². The number of fused-ring (bicyclic) bond motifs is 1. The number of ether oxygens (including phenoxy) is 6. The summed E-state index contributed by atoms with van der Waals surface area (Å²) in [6.07, 6.45) is 11.2. The molecule has 0 aliphatic rings. The van der Waals surface area contributed by atoms with E-state index in [0.717, 1.165) is 91.1 Å². The predicted molar refractivity (Wildman–Crippen MR) is 265 cm³/mol. The summed E-state index contributed by atoms with van der Waals surface area (Å²) in [5, 5.41) is 9.28. The zero-order valence-electron chi connectivity index (χ0n) is 37.9. The van der Waals surface area contributed by atoms with Gasteiger partial charge in [-0.3, -0.25) is 5.43 Å². The van der Waals surface area contributed by atoms with E-state index in [1.807, 2.05) is 35.7 Å². The van der Waals surface area contributed by atoms with Crippen LogP contribution in [0.1, 0.15) is 83.2 Å². The van der Waals surface area contributed by atoms with Gasteiger partial charge in [-0.25, -0.2) is 24.2 Å². The van der Waals surface area contributed by atoms with E-state index in [1.54, 1.807) is 60.8 Å². The molecule has 1 heterocycles. The van der Waals surface area contributed by atoms with Crippen LogP contribution in [0.4, 0.5) is 5.13 Å². The topological polar surface area (TPSA) is 161 Å². The van der Waals surface area contributed by atoms with Gasteiger partial charge in [-0.1, -0.05) is 55.6 Å². The summed E-state index contributed by atoms with van der Waals surface area (Å²) in [7, 11) is 0. The van der Waals surface area contributed by atoms with Crippen LogP contribution in [0.15, 0.2) is 145 Å². The number of hydrazone groups is 1. The number of esters is 4. The Balaban J connectivity index is 1.02. The first kappa shape index (κ1) is 49.8. The minimum Gasteiger partial charge on any atom is -0.494 e. The lowest BCUT2D eigenvalue weighted by molar-refractivity contribution is -0.138. The Hall–Kier alpha value is -7.58.